The zero-order chi connectivity index (χ0) is 17.8. The van der Waals surface area contributed by atoms with E-state index in [0.717, 1.165) is 12.2 Å². The van der Waals surface area contributed by atoms with Gasteiger partial charge in [-0.2, -0.15) is 0 Å². The fourth-order valence-corrected chi connectivity index (χ4v) is 1.95. The summed E-state index contributed by atoms with van der Waals surface area (Å²) in [6, 6.07) is 5.47. The number of guanidine groups is 1. The van der Waals surface area contributed by atoms with E-state index in [4.69, 9.17) is 15.2 Å². The fraction of sp³-hybridized carbons (Fsp3) is 0.529. The molecule has 0 aliphatic heterocycles. The molecule has 0 saturated heterocycles. The van der Waals surface area contributed by atoms with Crippen LogP contribution in [0.5, 0.6) is 11.5 Å². The van der Waals surface area contributed by atoms with Crippen LogP contribution in [0.15, 0.2) is 23.2 Å². The van der Waals surface area contributed by atoms with E-state index in [2.05, 4.69) is 15.6 Å². The first kappa shape index (κ1) is 19.6. The van der Waals surface area contributed by atoms with Gasteiger partial charge in [-0.05, 0) is 32.4 Å². The van der Waals surface area contributed by atoms with E-state index in [0.29, 0.717) is 44.2 Å². The maximum atomic E-state index is 11.5. The van der Waals surface area contributed by atoms with Gasteiger partial charge >= 0.3 is 0 Å². The van der Waals surface area contributed by atoms with Crippen LogP contribution in [-0.2, 0) is 4.79 Å². The van der Waals surface area contributed by atoms with Gasteiger partial charge in [-0.15, -0.1) is 0 Å². The molecule has 7 heteroatoms. The number of rotatable bonds is 10. The molecule has 4 N–H and O–H groups in total. The highest BCUT2D eigenvalue weighted by Gasteiger charge is 2.07. The van der Waals surface area contributed by atoms with Crippen molar-refractivity contribution >= 4 is 17.6 Å². The summed E-state index contributed by atoms with van der Waals surface area (Å²) in [5, 5.41) is 5.80. The lowest BCUT2D eigenvalue weighted by Crippen LogP contribution is -2.26. The highest BCUT2D eigenvalue weighted by molar-refractivity contribution is 5.94. The van der Waals surface area contributed by atoms with Crippen molar-refractivity contribution in [3.8, 4) is 11.5 Å². The van der Waals surface area contributed by atoms with Gasteiger partial charge in [0.15, 0.2) is 5.96 Å². The Morgan fingerprint density at radius 1 is 1.21 bits per heavy atom. The molecule has 134 valence electrons. The number of nitrogens with two attached hydrogens (primary N) is 1. The maximum absolute atomic E-state index is 11.5. The van der Waals surface area contributed by atoms with Gasteiger partial charge in [0.2, 0.25) is 5.91 Å². The smallest absolute Gasteiger partial charge is 0.221 e. The third-order valence-electron chi connectivity index (χ3n) is 3.02. The van der Waals surface area contributed by atoms with Crippen molar-refractivity contribution in [1.82, 2.24) is 5.32 Å². The van der Waals surface area contributed by atoms with Crippen LogP contribution >= 0.6 is 0 Å². The number of ether oxygens (including phenoxy) is 2. The van der Waals surface area contributed by atoms with E-state index >= 15 is 0 Å². The Kier molecular flexibility index (Phi) is 9.11. The lowest BCUT2D eigenvalue weighted by atomic mass is 10.2. The summed E-state index contributed by atoms with van der Waals surface area (Å²) >= 11 is 0. The number of amides is 1. The normalized spacial score (nSPS) is 11.0. The molecule has 0 aromatic heterocycles. The summed E-state index contributed by atoms with van der Waals surface area (Å²) in [5.74, 6) is 1.59. The summed E-state index contributed by atoms with van der Waals surface area (Å²) in [6.45, 7) is 7.95. The van der Waals surface area contributed by atoms with E-state index in [1.165, 1.54) is 0 Å². The molecule has 24 heavy (non-hydrogen) atoms. The molecule has 0 unspecified atom stereocenters. The van der Waals surface area contributed by atoms with Gasteiger partial charge in [0.1, 0.15) is 11.5 Å². The Hall–Kier alpha value is -2.44. The molecule has 0 spiro atoms. The van der Waals surface area contributed by atoms with E-state index in [1.54, 1.807) is 0 Å². The van der Waals surface area contributed by atoms with Gasteiger partial charge in [-0.3, -0.25) is 9.79 Å². The highest BCUT2D eigenvalue weighted by Crippen LogP contribution is 2.29. The van der Waals surface area contributed by atoms with Gasteiger partial charge in [-0.1, -0.05) is 6.92 Å². The molecular weight excluding hydrogens is 308 g/mol. The van der Waals surface area contributed by atoms with Crippen molar-refractivity contribution in [2.45, 2.75) is 33.6 Å². The summed E-state index contributed by atoms with van der Waals surface area (Å²) in [6.07, 6.45) is 1.22. The summed E-state index contributed by atoms with van der Waals surface area (Å²) in [5.41, 5.74) is 6.57. The zero-order valence-corrected chi connectivity index (χ0v) is 14.7. The molecule has 7 nitrogen and oxygen atoms in total. The third-order valence-corrected chi connectivity index (χ3v) is 3.02. The number of carbonyl (C=O) groups is 1. The van der Waals surface area contributed by atoms with Crippen LogP contribution in [0, 0.1) is 0 Å². The van der Waals surface area contributed by atoms with Crippen molar-refractivity contribution in [1.29, 1.82) is 0 Å². The Labute approximate surface area is 143 Å². The number of hydrogen-bond donors (Lipinski definition) is 3. The van der Waals surface area contributed by atoms with Crippen LogP contribution in [0.1, 0.15) is 33.6 Å². The maximum Gasteiger partial charge on any atom is 0.221 e. The predicted octanol–water partition coefficient (Wildman–Crippen LogP) is 2.13. The fourth-order valence-electron chi connectivity index (χ4n) is 1.95. The van der Waals surface area contributed by atoms with Crippen LogP contribution < -0.4 is 25.8 Å². The lowest BCUT2D eigenvalue weighted by Gasteiger charge is -2.14. The molecular formula is C17H28N4O3. The molecule has 1 aromatic carbocycles. The van der Waals surface area contributed by atoms with E-state index in [-0.39, 0.29) is 11.9 Å². The number of anilines is 1. The molecule has 0 aliphatic rings. The quantitative estimate of drug-likeness (QED) is 0.449. The number of carbonyl (C=O) groups excluding carboxylic acids is 1. The summed E-state index contributed by atoms with van der Waals surface area (Å²) in [7, 11) is 0. The average Bonchev–Trinajstić information content (AvgIpc) is 2.55. The number of nitrogens with zero attached hydrogens (tertiary/aromatic N) is 1. The molecule has 0 atom stereocenters. The number of benzene rings is 1. The van der Waals surface area contributed by atoms with Gasteiger partial charge in [0.25, 0.3) is 0 Å². The Morgan fingerprint density at radius 2 is 1.96 bits per heavy atom. The van der Waals surface area contributed by atoms with Gasteiger partial charge in [0, 0.05) is 19.0 Å². The first-order valence-corrected chi connectivity index (χ1v) is 8.33. The number of aliphatic imine (C=N–C) groups is 1. The van der Waals surface area contributed by atoms with Crippen LogP contribution in [0.25, 0.3) is 0 Å². The number of hydrogen-bond acceptors (Lipinski definition) is 4. The molecule has 1 rings (SSSR count). The predicted molar refractivity (Wildman–Crippen MR) is 96.8 cm³/mol. The van der Waals surface area contributed by atoms with E-state index in [1.807, 2.05) is 39.0 Å². The van der Waals surface area contributed by atoms with E-state index in [9.17, 15) is 4.79 Å². The molecule has 0 saturated carbocycles. The van der Waals surface area contributed by atoms with Gasteiger partial charge in [-0.25, -0.2) is 0 Å². The largest absolute Gasteiger partial charge is 0.494 e. The molecule has 0 fully saturated rings. The molecule has 0 aliphatic carbocycles. The molecule has 0 radical (unpaired) electrons. The molecule has 0 heterocycles. The standard InChI is InChI=1S/C17H28N4O3/c1-4-10-19-16(22)9-11-20-17(18)21-14-12-13(23-5-2)7-8-15(14)24-6-3/h7-8,12H,4-6,9-11H2,1-3H3,(H,19,22)(H3,18,20,21). The SMILES string of the molecule is CCCNC(=O)CCN=C(N)Nc1cc(OCC)ccc1OCC. The zero-order valence-electron chi connectivity index (χ0n) is 14.7. The lowest BCUT2D eigenvalue weighted by molar-refractivity contribution is -0.120. The monoisotopic (exact) mass is 336 g/mol. The molecule has 1 aromatic rings. The van der Waals surface area contributed by atoms with Crippen LogP contribution in [-0.4, -0.2) is 38.2 Å². The highest BCUT2D eigenvalue weighted by atomic mass is 16.5. The third kappa shape index (κ3) is 7.21. The van der Waals surface area contributed by atoms with Gasteiger partial charge < -0.3 is 25.8 Å². The van der Waals surface area contributed by atoms with Crippen LogP contribution in [0.2, 0.25) is 0 Å². The minimum absolute atomic E-state index is 0.0262. The minimum atomic E-state index is -0.0262. The molecule has 1 amide bonds. The summed E-state index contributed by atoms with van der Waals surface area (Å²) < 4.78 is 11.0. The first-order valence-electron chi connectivity index (χ1n) is 8.33. The minimum Gasteiger partial charge on any atom is -0.494 e. The van der Waals surface area contributed by atoms with Crippen molar-refractivity contribution in [2.75, 3.05) is 31.6 Å². The van der Waals surface area contributed by atoms with E-state index < -0.39 is 0 Å². The first-order chi connectivity index (χ1) is 11.6. The Morgan fingerprint density at radius 3 is 2.62 bits per heavy atom. The second-order valence-corrected chi connectivity index (χ2v) is 5.02. The second-order valence-electron chi connectivity index (χ2n) is 5.02. The molecule has 0 bridgehead atoms. The van der Waals surface area contributed by atoms with Gasteiger partial charge in [0.05, 0.1) is 25.4 Å². The average molecular weight is 336 g/mol. The van der Waals surface area contributed by atoms with Crippen LogP contribution in [0.3, 0.4) is 0 Å². The van der Waals surface area contributed by atoms with Crippen molar-refractivity contribution in [3.05, 3.63) is 18.2 Å². The van der Waals surface area contributed by atoms with Crippen LogP contribution in [0.4, 0.5) is 5.69 Å². The second kappa shape index (κ2) is 11.2. The Bertz CT molecular complexity index is 547. The summed E-state index contributed by atoms with van der Waals surface area (Å²) in [4.78, 5) is 15.7. The van der Waals surface area contributed by atoms with Crippen molar-refractivity contribution in [2.24, 2.45) is 10.7 Å². The topological polar surface area (TPSA) is 98.0 Å². The Balaban J connectivity index is 2.66. The van der Waals surface area contributed by atoms with Crippen molar-refractivity contribution < 1.29 is 14.3 Å². The number of nitrogens with one attached hydrogen (secondary N) is 2. The van der Waals surface area contributed by atoms with Crippen molar-refractivity contribution in [3.63, 3.8) is 0 Å².